The van der Waals surface area contributed by atoms with Crippen LogP contribution in [-0.2, 0) is 0 Å². The van der Waals surface area contributed by atoms with E-state index >= 15 is 0 Å². The zero-order valence-electron chi connectivity index (χ0n) is 10.7. The van der Waals surface area contributed by atoms with Crippen molar-refractivity contribution in [2.24, 2.45) is 0 Å². The number of rotatable bonds is 3. The second-order valence-electron chi connectivity index (χ2n) is 5.16. The lowest BCUT2D eigenvalue weighted by Crippen LogP contribution is -2.34. The summed E-state index contributed by atoms with van der Waals surface area (Å²) in [5, 5.41) is 3.28. The van der Waals surface area contributed by atoms with E-state index in [0.29, 0.717) is 17.6 Å². The number of halogens is 3. The normalized spacial score (nSPS) is 21.4. The third-order valence-electron chi connectivity index (χ3n) is 3.77. The van der Waals surface area contributed by atoms with Crippen LogP contribution in [0.4, 0.5) is 10.1 Å². The Labute approximate surface area is 134 Å². The van der Waals surface area contributed by atoms with E-state index in [1.54, 1.807) is 6.07 Å². The Hall–Kier alpha value is -0.870. The molecule has 4 heteroatoms. The third kappa shape index (κ3) is 2.91. The minimum atomic E-state index is -0.205. The molecule has 0 radical (unpaired) electrons. The average Bonchev–Trinajstić information content (AvgIpc) is 2.37. The van der Waals surface area contributed by atoms with Gasteiger partial charge in [-0.25, -0.2) is 4.39 Å². The summed E-state index contributed by atoms with van der Waals surface area (Å²) in [5.41, 5.74) is 1.94. The zero-order valence-corrected chi connectivity index (χ0v) is 13.9. The van der Waals surface area contributed by atoms with Gasteiger partial charge in [0.15, 0.2) is 0 Å². The predicted molar refractivity (Wildman–Crippen MR) is 87.6 cm³/mol. The lowest BCUT2D eigenvalue weighted by Gasteiger charge is -2.37. The van der Waals surface area contributed by atoms with E-state index < -0.39 is 0 Å². The Morgan fingerprint density at radius 3 is 2.50 bits per heavy atom. The Balaban J connectivity index is 1.62. The Morgan fingerprint density at radius 1 is 1.05 bits per heavy atom. The van der Waals surface area contributed by atoms with Crippen molar-refractivity contribution in [1.29, 1.82) is 0 Å². The highest BCUT2D eigenvalue weighted by molar-refractivity contribution is 9.10. The van der Waals surface area contributed by atoms with Gasteiger partial charge in [0, 0.05) is 15.0 Å². The maximum atomic E-state index is 13.8. The van der Waals surface area contributed by atoms with Crippen molar-refractivity contribution in [3.63, 3.8) is 0 Å². The molecule has 1 nitrogen and oxygen atoms in total. The smallest absolute Gasteiger partial charge is 0.147 e. The first kappa shape index (κ1) is 14.1. The molecule has 0 heterocycles. The van der Waals surface area contributed by atoms with Crippen molar-refractivity contribution in [3.8, 4) is 0 Å². The Bertz CT molecular complexity index is 624. The summed E-state index contributed by atoms with van der Waals surface area (Å²) < 4.78 is 15.7. The molecule has 2 aromatic carbocycles. The van der Waals surface area contributed by atoms with Gasteiger partial charge in [-0.15, -0.1) is 0 Å². The molecule has 0 aliphatic heterocycles. The van der Waals surface area contributed by atoms with Crippen LogP contribution in [0.1, 0.15) is 24.3 Å². The molecule has 20 heavy (non-hydrogen) atoms. The highest BCUT2D eigenvalue weighted by Gasteiger charge is 2.31. The van der Waals surface area contributed by atoms with E-state index in [-0.39, 0.29) is 5.82 Å². The SMILES string of the molecule is Fc1cc(Br)ccc1NC1CC(c2ccccc2Br)C1. The van der Waals surface area contributed by atoms with Gasteiger partial charge < -0.3 is 5.32 Å². The molecule has 1 fully saturated rings. The molecule has 1 N–H and O–H groups in total. The van der Waals surface area contributed by atoms with Crippen LogP contribution in [-0.4, -0.2) is 6.04 Å². The number of hydrogen-bond donors (Lipinski definition) is 1. The quantitative estimate of drug-likeness (QED) is 0.698. The fourth-order valence-electron chi connectivity index (χ4n) is 2.62. The molecule has 0 spiro atoms. The molecular formula is C16H14Br2FN. The summed E-state index contributed by atoms with van der Waals surface area (Å²) in [6.07, 6.45) is 2.08. The summed E-state index contributed by atoms with van der Waals surface area (Å²) in [6.45, 7) is 0. The number of nitrogens with one attached hydrogen (secondary N) is 1. The van der Waals surface area contributed by atoms with Crippen LogP contribution in [0.3, 0.4) is 0 Å². The molecule has 0 atom stereocenters. The van der Waals surface area contributed by atoms with Crippen LogP contribution in [0.15, 0.2) is 51.4 Å². The second kappa shape index (κ2) is 5.86. The fraction of sp³-hybridized carbons (Fsp3) is 0.250. The molecule has 104 valence electrons. The molecular weight excluding hydrogens is 385 g/mol. The van der Waals surface area contributed by atoms with Crippen LogP contribution in [0, 0.1) is 5.82 Å². The molecule has 1 aliphatic rings. The standard InChI is InChI=1S/C16H14Br2FN/c17-11-5-6-16(15(19)9-11)20-12-7-10(8-12)13-3-1-2-4-14(13)18/h1-6,9-10,12,20H,7-8H2. The first-order chi connectivity index (χ1) is 9.63. The molecule has 0 bridgehead atoms. The lowest BCUT2D eigenvalue weighted by atomic mass is 9.76. The van der Waals surface area contributed by atoms with Crippen LogP contribution in [0.25, 0.3) is 0 Å². The van der Waals surface area contributed by atoms with E-state index in [1.807, 2.05) is 12.1 Å². The van der Waals surface area contributed by atoms with Gasteiger partial charge in [0.25, 0.3) is 0 Å². The maximum Gasteiger partial charge on any atom is 0.147 e. The van der Waals surface area contributed by atoms with Gasteiger partial charge in [0.05, 0.1) is 5.69 Å². The first-order valence-electron chi connectivity index (χ1n) is 6.59. The largest absolute Gasteiger partial charge is 0.380 e. The molecule has 1 aliphatic carbocycles. The van der Waals surface area contributed by atoms with E-state index in [2.05, 4.69) is 55.4 Å². The summed E-state index contributed by atoms with van der Waals surface area (Å²) in [5.74, 6) is 0.352. The van der Waals surface area contributed by atoms with Crippen molar-refractivity contribution in [1.82, 2.24) is 0 Å². The third-order valence-corrected chi connectivity index (χ3v) is 4.99. The van der Waals surface area contributed by atoms with Crippen LogP contribution in [0.2, 0.25) is 0 Å². The summed E-state index contributed by atoms with van der Waals surface area (Å²) in [6, 6.07) is 13.8. The van der Waals surface area contributed by atoms with Crippen molar-refractivity contribution in [2.45, 2.75) is 24.8 Å². The van der Waals surface area contributed by atoms with E-state index in [9.17, 15) is 4.39 Å². The number of anilines is 1. The first-order valence-corrected chi connectivity index (χ1v) is 8.18. The van der Waals surface area contributed by atoms with Gasteiger partial charge >= 0.3 is 0 Å². The molecule has 0 aromatic heterocycles. The Morgan fingerprint density at radius 2 is 1.80 bits per heavy atom. The molecule has 3 rings (SSSR count). The average molecular weight is 399 g/mol. The summed E-state index contributed by atoms with van der Waals surface area (Å²) in [4.78, 5) is 0. The molecule has 0 saturated heterocycles. The van der Waals surface area contributed by atoms with Gasteiger partial charge in [-0.05, 0) is 48.6 Å². The maximum absolute atomic E-state index is 13.8. The van der Waals surface area contributed by atoms with Crippen LogP contribution >= 0.6 is 31.9 Å². The van der Waals surface area contributed by atoms with Crippen LogP contribution < -0.4 is 5.32 Å². The van der Waals surface area contributed by atoms with Gasteiger partial charge in [-0.2, -0.15) is 0 Å². The second-order valence-corrected chi connectivity index (χ2v) is 6.93. The zero-order chi connectivity index (χ0) is 14.1. The van der Waals surface area contributed by atoms with E-state index in [1.165, 1.54) is 16.1 Å². The van der Waals surface area contributed by atoms with Gasteiger partial charge in [-0.3, -0.25) is 0 Å². The van der Waals surface area contributed by atoms with E-state index in [4.69, 9.17) is 0 Å². The van der Waals surface area contributed by atoms with Crippen molar-refractivity contribution in [3.05, 3.63) is 62.8 Å². The Kier molecular flexibility index (Phi) is 4.13. The van der Waals surface area contributed by atoms with Gasteiger partial charge in [0.2, 0.25) is 0 Å². The van der Waals surface area contributed by atoms with Crippen molar-refractivity contribution < 1.29 is 4.39 Å². The van der Waals surface area contributed by atoms with Crippen molar-refractivity contribution in [2.75, 3.05) is 5.32 Å². The lowest BCUT2D eigenvalue weighted by molar-refractivity contribution is 0.372. The highest BCUT2D eigenvalue weighted by Crippen LogP contribution is 2.41. The monoisotopic (exact) mass is 397 g/mol. The summed E-state index contributed by atoms with van der Waals surface area (Å²) in [7, 11) is 0. The molecule has 2 aromatic rings. The fourth-order valence-corrected chi connectivity index (χ4v) is 3.56. The van der Waals surface area contributed by atoms with Crippen LogP contribution in [0.5, 0.6) is 0 Å². The minimum absolute atomic E-state index is 0.205. The molecule has 1 saturated carbocycles. The number of benzene rings is 2. The molecule has 0 unspecified atom stereocenters. The topological polar surface area (TPSA) is 12.0 Å². The number of hydrogen-bond acceptors (Lipinski definition) is 1. The van der Waals surface area contributed by atoms with Gasteiger partial charge in [-0.1, -0.05) is 50.1 Å². The highest BCUT2D eigenvalue weighted by atomic mass is 79.9. The predicted octanol–water partition coefficient (Wildman–Crippen LogP) is 5.71. The minimum Gasteiger partial charge on any atom is -0.380 e. The van der Waals surface area contributed by atoms with E-state index in [0.717, 1.165) is 17.3 Å². The summed E-state index contributed by atoms with van der Waals surface area (Å²) >= 11 is 6.86. The van der Waals surface area contributed by atoms with Gasteiger partial charge in [0.1, 0.15) is 5.82 Å². The van der Waals surface area contributed by atoms with Crippen molar-refractivity contribution >= 4 is 37.5 Å². The molecule has 0 amide bonds.